The number of thiazole rings is 1. The minimum Gasteiger partial charge on any atom is -0.444 e. The number of hydrogen-bond acceptors (Lipinski definition) is 8. The quantitative estimate of drug-likeness (QED) is 0.654. The Morgan fingerprint density at radius 1 is 1.14 bits per heavy atom. The average molecular weight is 427 g/mol. The zero-order valence-electron chi connectivity index (χ0n) is 18.4. The van der Waals surface area contributed by atoms with Gasteiger partial charge in [0.05, 0.1) is 10.7 Å². The van der Waals surface area contributed by atoms with Crippen molar-refractivity contribution in [2.45, 2.75) is 39.8 Å². The van der Waals surface area contributed by atoms with Crippen LogP contribution in [0.2, 0.25) is 0 Å². The van der Waals surface area contributed by atoms with Crippen molar-refractivity contribution in [2.24, 2.45) is 0 Å². The zero-order valence-corrected chi connectivity index (χ0v) is 19.2. The third kappa shape index (κ3) is 10.9. The molecule has 8 nitrogen and oxygen atoms in total. The second kappa shape index (κ2) is 12.4. The van der Waals surface area contributed by atoms with Crippen LogP contribution in [0.15, 0.2) is 5.38 Å². The lowest BCUT2D eigenvalue weighted by atomic mass is 10.2. The third-order valence-corrected chi connectivity index (χ3v) is 5.39. The van der Waals surface area contributed by atoms with E-state index in [1.54, 1.807) is 11.3 Å². The van der Waals surface area contributed by atoms with Crippen molar-refractivity contribution in [1.29, 1.82) is 0 Å². The fraction of sp³-hybridized carbons (Fsp3) is 0.800. The lowest BCUT2D eigenvalue weighted by Gasteiger charge is -2.27. The number of ether oxygens (including phenoxy) is 1. The van der Waals surface area contributed by atoms with Crippen molar-refractivity contribution < 1.29 is 9.53 Å². The molecule has 29 heavy (non-hydrogen) atoms. The van der Waals surface area contributed by atoms with E-state index < -0.39 is 5.60 Å². The molecule has 0 aromatic carbocycles. The molecule has 0 aliphatic carbocycles. The summed E-state index contributed by atoms with van der Waals surface area (Å²) in [5, 5.41) is 12.7. The Kier molecular flexibility index (Phi) is 10.3. The molecule has 1 aromatic heterocycles. The number of piperazine rings is 2. The van der Waals surface area contributed by atoms with E-state index >= 15 is 0 Å². The number of nitrogens with zero attached hydrogens (tertiary/aromatic N) is 3. The van der Waals surface area contributed by atoms with Crippen molar-refractivity contribution in [2.75, 3.05) is 65.4 Å². The molecule has 0 bridgehead atoms. The summed E-state index contributed by atoms with van der Waals surface area (Å²) in [4.78, 5) is 20.6. The Hall–Kier alpha value is -1.26. The van der Waals surface area contributed by atoms with Crippen LogP contribution < -0.4 is 16.0 Å². The smallest absolute Gasteiger partial charge is 0.407 e. The topological polar surface area (TPSA) is 81.8 Å². The molecule has 2 aliphatic rings. The van der Waals surface area contributed by atoms with Gasteiger partial charge in [-0.1, -0.05) is 0 Å². The summed E-state index contributed by atoms with van der Waals surface area (Å²) in [5.41, 5.74) is 0.809. The Bertz CT molecular complexity index is 592. The van der Waals surface area contributed by atoms with Crippen LogP contribution in [0.4, 0.5) is 4.79 Å². The van der Waals surface area contributed by atoms with Crippen molar-refractivity contribution >= 4 is 17.4 Å². The van der Waals surface area contributed by atoms with Gasteiger partial charge in [0.15, 0.2) is 0 Å². The summed E-state index contributed by atoms with van der Waals surface area (Å²) in [6, 6.07) is 0. The van der Waals surface area contributed by atoms with E-state index in [4.69, 9.17) is 4.74 Å². The Morgan fingerprint density at radius 2 is 1.72 bits per heavy atom. The first-order chi connectivity index (χ1) is 13.8. The fourth-order valence-electron chi connectivity index (χ4n) is 3.14. The van der Waals surface area contributed by atoms with Crippen molar-refractivity contribution in [1.82, 2.24) is 30.7 Å². The molecule has 0 unspecified atom stereocenters. The molecule has 2 fully saturated rings. The van der Waals surface area contributed by atoms with Gasteiger partial charge in [0, 0.05) is 77.4 Å². The number of carbonyl (C=O) groups excluding carboxylic acids is 1. The highest BCUT2D eigenvalue weighted by Crippen LogP contribution is 2.10. The molecule has 3 rings (SSSR count). The van der Waals surface area contributed by atoms with Crippen LogP contribution in [0.5, 0.6) is 0 Å². The zero-order chi connectivity index (χ0) is 21.1. The summed E-state index contributed by atoms with van der Waals surface area (Å²) < 4.78 is 5.15. The van der Waals surface area contributed by atoms with Gasteiger partial charge in [0.1, 0.15) is 5.60 Å². The first kappa shape index (κ1) is 24.0. The van der Waals surface area contributed by atoms with Gasteiger partial charge in [0.2, 0.25) is 0 Å². The van der Waals surface area contributed by atoms with Crippen LogP contribution in [-0.4, -0.2) is 91.9 Å². The highest BCUT2D eigenvalue weighted by Gasteiger charge is 2.16. The van der Waals surface area contributed by atoms with Crippen LogP contribution in [0.1, 0.15) is 31.5 Å². The minimum absolute atomic E-state index is 0.331. The lowest BCUT2D eigenvalue weighted by molar-refractivity contribution is 0.0521. The van der Waals surface area contributed by atoms with Crippen LogP contribution in [-0.2, 0) is 11.3 Å². The number of aryl methyl sites for hydroxylation is 1. The van der Waals surface area contributed by atoms with Crippen LogP contribution in [0.25, 0.3) is 0 Å². The summed E-state index contributed by atoms with van der Waals surface area (Å²) in [6.45, 7) is 18.9. The van der Waals surface area contributed by atoms with Crippen molar-refractivity contribution in [3.63, 3.8) is 0 Å². The molecule has 2 aliphatic heterocycles. The highest BCUT2D eigenvalue weighted by molar-refractivity contribution is 7.09. The molecule has 1 amide bonds. The van der Waals surface area contributed by atoms with E-state index in [-0.39, 0.29) is 6.09 Å². The number of hydrogen-bond donors (Lipinski definition) is 3. The molecular weight excluding hydrogens is 388 g/mol. The maximum absolute atomic E-state index is 11.3. The minimum atomic E-state index is -0.418. The normalized spacial score (nSPS) is 18.6. The standard InChI is InChI=1S/C11H23N3O2.C9H15N3S/c1-11(2,3)16-10(15)13-6-9-14-7-4-12-5-8-14;1-8-11-9(7-13-8)6-12-4-2-10-3-5-12/h12H,4-9H2,1-3H3,(H,13,15);7,10H,2-6H2,1H3. The Balaban J connectivity index is 0.000000211. The second-order valence-corrected chi connectivity index (χ2v) is 9.47. The van der Waals surface area contributed by atoms with Gasteiger partial charge in [0.25, 0.3) is 0 Å². The molecule has 3 N–H and O–H groups in total. The van der Waals surface area contributed by atoms with E-state index in [9.17, 15) is 4.79 Å². The van der Waals surface area contributed by atoms with Crippen molar-refractivity contribution in [3.05, 3.63) is 16.1 Å². The Morgan fingerprint density at radius 3 is 2.24 bits per heavy atom. The van der Waals surface area contributed by atoms with Crippen LogP contribution in [0.3, 0.4) is 0 Å². The predicted octanol–water partition coefficient (Wildman–Crippen LogP) is 1.27. The molecule has 0 spiro atoms. The first-order valence-corrected chi connectivity index (χ1v) is 11.4. The molecule has 0 saturated carbocycles. The van der Waals surface area contributed by atoms with Gasteiger partial charge in [-0.05, 0) is 27.7 Å². The molecule has 1 aromatic rings. The fourth-order valence-corrected chi connectivity index (χ4v) is 3.75. The maximum atomic E-state index is 11.3. The average Bonchev–Trinajstić information content (AvgIpc) is 3.07. The van der Waals surface area contributed by atoms with Gasteiger partial charge < -0.3 is 20.7 Å². The number of nitrogens with one attached hydrogen (secondary N) is 3. The monoisotopic (exact) mass is 426 g/mol. The maximum Gasteiger partial charge on any atom is 0.407 e. The highest BCUT2D eigenvalue weighted by atomic mass is 32.1. The summed E-state index contributed by atoms with van der Waals surface area (Å²) >= 11 is 1.74. The van der Waals surface area contributed by atoms with E-state index in [0.717, 1.165) is 65.4 Å². The van der Waals surface area contributed by atoms with Crippen LogP contribution in [0, 0.1) is 6.92 Å². The molecule has 166 valence electrons. The van der Waals surface area contributed by atoms with Crippen LogP contribution >= 0.6 is 11.3 Å². The molecule has 0 atom stereocenters. The number of rotatable bonds is 5. The van der Waals surface area contributed by atoms with Gasteiger partial charge in [-0.15, -0.1) is 11.3 Å². The van der Waals surface area contributed by atoms with E-state index in [2.05, 4.69) is 43.0 Å². The van der Waals surface area contributed by atoms with E-state index in [1.807, 2.05) is 20.8 Å². The summed E-state index contributed by atoms with van der Waals surface area (Å²) in [6.07, 6.45) is -0.331. The number of aromatic nitrogens is 1. The van der Waals surface area contributed by atoms with Gasteiger partial charge in [-0.25, -0.2) is 9.78 Å². The Labute approximate surface area is 179 Å². The second-order valence-electron chi connectivity index (χ2n) is 8.40. The molecular formula is C20H38N6O2S. The van der Waals surface area contributed by atoms with E-state index in [1.165, 1.54) is 10.7 Å². The number of carbonyl (C=O) groups is 1. The lowest BCUT2D eigenvalue weighted by Crippen LogP contribution is -2.46. The van der Waals surface area contributed by atoms with Gasteiger partial charge >= 0.3 is 6.09 Å². The number of alkyl carbamates (subject to hydrolysis) is 1. The van der Waals surface area contributed by atoms with Gasteiger partial charge in [-0.3, -0.25) is 9.80 Å². The first-order valence-electron chi connectivity index (χ1n) is 10.6. The van der Waals surface area contributed by atoms with Gasteiger partial charge in [-0.2, -0.15) is 0 Å². The van der Waals surface area contributed by atoms with Crippen molar-refractivity contribution in [3.8, 4) is 0 Å². The molecule has 9 heteroatoms. The third-order valence-electron chi connectivity index (χ3n) is 4.57. The predicted molar refractivity (Wildman–Crippen MR) is 119 cm³/mol. The molecule has 0 radical (unpaired) electrons. The number of amides is 1. The summed E-state index contributed by atoms with van der Waals surface area (Å²) in [5.74, 6) is 0. The summed E-state index contributed by atoms with van der Waals surface area (Å²) in [7, 11) is 0. The largest absolute Gasteiger partial charge is 0.444 e. The SMILES string of the molecule is CC(C)(C)OC(=O)NCCN1CCNCC1.Cc1nc(CN2CCNCC2)cs1. The van der Waals surface area contributed by atoms with E-state index in [0.29, 0.717) is 6.54 Å². The molecule has 3 heterocycles. The molecule has 2 saturated heterocycles.